The molecule has 2 fully saturated rings. The minimum Gasteiger partial charge on any atom is -0.380 e. The van der Waals surface area contributed by atoms with E-state index in [9.17, 15) is 21.6 Å². The lowest BCUT2D eigenvalue weighted by molar-refractivity contribution is -0.193. The molecule has 0 aromatic carbocycles. The molecule has 0 amide bonds. The van der Waals surface area contributed by atoms with Gasteiger partial charge in [-0.15, -0.1) is 0 Å². The van der Waals surface area contributed by atoms with Gasteiger partial charge >= 0.3 is 27.9 Å². The SMILES string of the molecule is CC[C@@H]1CC[C@@H]2[C@H](CC[C@]3(C)C(OS(=O)(=O)C(F)(F)F)=CC[C@@H]23)[C@@]1(C)CC.O=C=O.O=C=O. The molecule has 0 aromatic heterocycles. The van der Waals surface area contributed by atoms with Crippen LogP contribution in [-0.2, 0) is 33.5 Å². The van der Waals surface area contributed by atoms with E-state index in [-0.39, 0.29) is 29.4 Å². The maximum Gasteiger partial charge on any atom is 0.534 e. The van der Waals surface area contributed by atoms with Gasteiger partial charge in [0.25, 0.3) is 0 Å². The van der Waals surface area contributed by atoms with Gasteiger partial charge in [0.15, 0.2) is 0 Å². The molecule has 0 aliphatic heterocycles. The van der Waals surface area contributed by atoms with E-state index in [1.807, 2.05) is 6.92 Å². The van der Waals surface area contributed by atoms with Crippen LogP contribution in [0.2, 0.25) is 0 Å². The third-order valence-corrected chi connectivity index (χ3v) is 9.28. The quantitative estimate of drug-likeness (QED) is 0.404. The highest BCUT2D eigenvalue weighted by Gasteiger charge is 2.59. The Morgan fingerprint density at radius 3 is 2.03 bits per heavy atom. The zero-order chi connectivity index (χ0) is 25.7. The molecule has 33 heavy (non-hydrogen) atoms. The summed E-state index contributed by atoms with van der Waals surface area (Å²) in [6.07, 6.45) is 8.80. The standard InChI is InChI=1S/C20H31F3O3S.2CO2/c1-5-13-7-8-14-15-9-10-17(26-27(24,25)20(21,22)23)19(15,4)12-11-16(14)18(13,3)6-2;2*2-1-3/h10,13-16H,5-9,11-12H2,1-4H3;;/t13-,14+,15+,16+,18+,19+;;/m1../s1. The van der Waals surface area contributed by atoms with E-state index in [4.69, 9.17) is 19.2 Å². The molecule has 2 saturated carbocycles. The molecule has 3 aliphatic rings. The lowest BCUT2D eigenvalue weighted by atomic mass is 9.47. The Hall–Kier alpha value is -1.96. The Morgan fingerprint density at radius 1 is 1.03 bits per heavy atom. The molecule has 0 bridgehead atoms. The molecule has 0 saturated heterocycles. The van der Waals surface area contributed by atoms with Crippen molar-refractivity contribution in [1.29, 1.82) is 0 Å². The number of alkyl halides is 3. The van der Waals surface area contributed by atoms with Gasteiger partial charge in [0.2, 0.25) is 0 Å². The van der Waals surface area contributed by atoms with E-state index in [2.05, 4.69) is 25.0 Å². The first kappa shape index (κ1) is 29.1. The molecule has 0 unspecified atom stereocenters. The Balaban J connectivity index is 0.000000819. The van der Waals surface area contributed by atoms with Gasteiger partial charge in [-0.2, -0.15) is 40.8 Å². The lowest BCUT2D eigenvalue weighted by Gasteiger charge is -2.58. The maximum atomic E-state index is 12.8. The van der Waals surface area contributed by atoms with Crippen molar-refractivity contribution in [2.75, 3.05) is 0 Å². The van der Waals surface area contributed by atoms with Crippen molar-refractivity contribution in [3.8, 4) is 0 Å². The Bertz CT molecular complexity index is 874. The predicted octanol–water partition coefficient (Wildman–Crippen LogP) is 4.86. The number of allylic oxidation sites excluding steroid dienone is 2. The normalized spacial score (nSPS) is 35.1. The van der Waals surface area contributed by atoms with Gasteiger partial charge in [-0.1, -0.05) is 40.5 Å². The average molecular weight is 497 g/mol. The number of hydrogen-bond acceptors (Lipinski definition) is 7. The van der Waals surface area contributed by atoms with Gasteiger partial charge in [-0.05, 0) is 67.3 Å². The minimum absolute atomic E-state index is 0.0130. The maximum absolute atomic E-state index is 12.8. The zero-order valence-corrected chi connectivity index (χ0v) is 20.1. The van der Waals surface area contributed by atoms with Gasteiger partial charge < -0.3 is 4.18 Å². The molecule has 188 valence electrons. The Labute approximate surface area is 192 Å². The number of hydrogen-bond donors (Lipinski definition) is 0. The van der Waals surface area contributed by atoms with Crippen LogP contribution in [0.15, 0.2) is 11.8 Å². The molecule has 0 spiro atoms. The summed E-state index contributed by atoms with van der Waals surface area (Å²) in [6, 6.07) is 0. The minimum atomic E-state index is -5.61. The highest BCUT2D eigenvalue weighted by Crippen LogP contribution is 2.65. The highest BCUT2D eigenvalue weighted by atomic mass is 32.2. The van der Waals surface area contributed by atoms with Crippen molar-refractivity contribution in [3.63, 3.8) is 0 Å². The number of halogens is 3. The van der Waals surface area contributed by atoms with Crippen LogP contribution in [0.4, 0.5) is 13.2 Å². The van der Waals surface area contributed by atoms with Gasteiger partial charge in [0.1, 0.15) is 5.76 Å². The van der Waals surface area contributed by atoms with E-state index in [1.165, 1.54) is 0 Å². The van der Waals surface area contributed by atoms with Crippen LogP contribution in [0.25, 0.3) is 0 Å². The molecule has 0 radical (unpaired) electrons. The second-order valence-electron chi connectivity index (χ2n) is 9.33. The van der Waals surface area contributed by atoms with Crippen molar-refractivity contribution in [3.05, 3.63) is 11.8 Å². The van der Waals surface area contributed by atoms with Crippen LogP contribution >= 0.6 is 0 Å². The van der Waals surface area contributed by atoms with Crippen molar-refractivity contribution in [1.82, 2.24) is 0 Å². The van der Waals surface area contributed by atoms with E-state index in [1.54, 1.807) is 6.08 Å². The summed E-state index contributed by atoms with van der Waals surface area (Å²) in [6.45, 7) is 8.77. The molecule has 3 rings (SSSR count). The lowest BCUT2D eigenvalue weighted by Crippen LogP contribution is -2.51. The third-order valence-electron chi connectivity index (χ3n) is 8.31. The largest absolute Gasteiger partial charge is 0.534 e. The second kappa shape index (κ2) is 11.0. The molecule has 11 heteroatoms. The topological polar surface area (TPSA) is 112 Å². The van der Waals surface area contributed by atoms with Crippen LogP contribution in [0.5, 0.6) is 0 Å². The van der Waals surface area contributed by atoms with E-state index in [0.717, 1.165) is 32.1 Å². The van der Waals surface area contributed by atoms with Crippen LogP contribution in [-0.4, -0.2) is 26.2 Å². The molecule has 0 aromatic rings. The van der Waals surface area contributed by atoms with Gasteiger partial charge in [-0.25, -0.2) is 0 Å². The summed E-state index contributed by atoms with van der Waals surface area (Å²) < 4.78 is 66.1. The summed E-state index contributed by atoms with van der Waals surface area (Å²) in [5, 5.41) is 0. The van der Waals surface area contributed by atoms with E-state index < -0.39 is 21.0 Å². The fourth-order valence-corrected chi connectivity index (χ4v) is 7.17. The molecular weight excluding hydrogens is 465 g/mol. The first-order chi connectivity index (χ1) is 15.2. The zero-order valence-electron chi connectivity index (χ0n) is 19.2. The van der Waals surface area contributed by atoms with E-state index in [0.29, 0.717) is 30.6 Å². The second-order valence-corrected chi connectivity index (χ2v) is 10.9. The van der Waals surface area contributed by atoms with Crippen molar-refractivity contribution < 1.29 is 45.0 Å². The molecule has 6 atom stereocenters. The van der Waals surface area contributed by atoms with Crippen LogP contribution < -0.4 is 0 Å². The van der Waals surface area contributed by atoms with Crippen LogP contribution in [0.3, 0.4) is 0 Å². The number of fused-ring (bicyclic) bond motifs is 3. The number of rotatable bonds is 4. The van der Waals surface area contributed by atoms with E-state index >= 15 is 0 Å². The fraction of sp³-hybridized carbons (Fsp3) is 0.818. The average Bonchev–Trinajstić information content (AvgIpc) is 3.04. The smallest absolute Gasteiger partial charge is 0.380 e. The van der Waals surface area contributed by atoms with Crippen LogP contribution in [0.1, 0.15) is 72.6 Å². The van der Waals surface area contributed by atoms with Crippen molar-refractivity contribution >= 4 is 22.4 Å². The summed E-state index contributed by atoms with van der Waals surface area (Å²) in [5.74, 6) is 1.83. The summed E-state index contributed by atoms with van der Waals surface area (Å²) >= 11 is 0. The summed E-state index contributed by atoms with van der Waals surface area (Å²) in [4.78, 5) is 32.5. The van der Waals surface area contributed by atoms with Crippen molar-refractivity contribution in [2.45, 2.75) is 78.1 Å². The summed E-state index contributed by atoms with van der Waals surface area (Å²) in [5.41, 5.74) is -5.76. The molecule has 3 aliphatic carbocycles. The Kier molecular flexibility index (Phi) is 9.67. The summed E-state index contributed by atoms with van der Waals surface area (Å²) in [7, 11) is -5.61. The molecule has 0 heterocycles. The third kappa shape index (κ3) is 5.58. The van der Waals surface area contributed by atoms with Crippen molar-refractivity contribution in [2.24, 2.45) is 34.5 Å². The first-order valence-electron chi connectivity index (χ1n) is 10.9. The Morgan fingerprint density at radius 2 is 1.58 bits per heavy atom. The van der Waals surface area contributed by atoms with Gasteiger partial charge in [0.05, 0.1) is 0 Å². The van der Waals surface area contributed by atoms with Gasteiger partial charge in [0, 0.05) is 5.41 Å². The fourth-order valence-electron chi connectivity index (χ4n) is 6.58. The monoisotopic (exact) mass is 496 g/mol. The number of carbonyl (C=O) groups excluding carboxylic acids is 4. The molecular formula is C22H31F3O7S. The highest BCUT2D eigenvalue weighted by molar-refractivity contribution is 7.87. The molecule has 7 nitrogen and oxygen atoms in total. The van der Waals surface area contributed by atoms with Gasteiger partial charge in [-0.3, -0.25) is 0 Å². The van der Waals surface area contributed by atoms with Crippen LogP contribution in [0, 0.1) is 34.5 Å². The first-order valence-corrected chi connectivity index (χ1v) is 12.3. The molecule has 0 N–H and O–H groups in total. The predicted molar refractivity (Wildman–Crippen MR) is 108 cm³/mol.